The van der Waals surface area contributed by atoms with Crippen LogP contribution in [0.5, 0.6) is 0 Å². The molecule has 19 heavy (non-hydrogen) atoms. The van der Waals surface area contributed by atoms with E-state index in [-0.39, 0.29) is 11.8 Å². The Morgan fingerprint density at radius 3 is 2.95 bits per heavy atom. The lowest BCUT2D eigenvalue weighted by Crippen LogP contribution is -2.44. The Labute approximate surface area is 116 Å². The molecule has 2 rings (SSSR count). The molecule has 0 saturated carbocycles. The minimum absolute atomic E-state index is 0.0990. The predicted octanol–water partition coefficient (Wildman–Crippen LogP) is 1.38. The van der Waals surface area contributed by atoms with Crippen LogP contribution in [0.1, 0.15) is 30.7 Å². The molecule has 1 saturated heterocycles. The van der Waals surface area contributed by atoms with E-state index in [9.17, 15) is 14.7 Å². The van der Waals surface area contributed by atoms with Gasteiger partial charge in [-0.2, -0.15) is 0 Å². The summed E-state index contributed by atoms with van der Waals surface area (Å²) >= 11 is 1.34. The van der Waals surface area contributed by atoms with Crippen LogP contribution in [0.3, 0.4) is 0 Å². The molecule has 5 nitrogen and oxygen atoms in total. The second-order valence-corrected chi connectivity index (χ2v) is 5.85. The van der Waals surface area contributed by atoms with E-state index in [4.69, 9.17) is 0 Å². The highest BCUT2D eigenvalue weighted by molar-refractivity contribution is 7.10. The largest absolute Gasteiger partial charge is 0.479 e. The molecule has 0 bridgehead atoms. The molecule has 104 valence electrons. The Hall–Kier alpha value is -1.40. The number of carboxylic acid groups (broad SMARTS) is 1. The number of thiophene rings is 1. The van der Waals surface area contributed by atoms with Gasteiger partial charge >= 0.3 is 5.97 Å². The van der Waals surface area contributed by atoms with E-state index in [1.165, 1.54) is 11.3 Å². The molecule has 6 heteroatoms. The fraction of sp³-hybridized carbons (Fsp3) is 0.538. The first kappa shape index (κ1) is 14.0. The highest BCUT2D eigenvalue weighted by Gasteiger charge is 2.29. The van der Waals surface area contributed by atoms with Crippen LogP contribution in [0.15, 0.2) is 17.5 Å². The maximum Gasteiger partial charge on any atom is 0.331 e. The Bertz CT molecular complexity index is 447. The number of rotatable bonds is 4. The van der Waals surface area contributed by atoms with Gasteiger partial charge in [-0.1, -0.05) is 6.07 Å². The lowest BCUT2D eigenvalue weighted by atomic mass is 9.92. The summed E-state index contributed by atoms with van der Waals surface area (Å²) < 4.78 is 0. The third-order valence-electron chi connectivity index (χ3n) is 3.36. The Balaban J connectivity index is 2.01. The second-order valence-electron chi connectivity index (χ2n) is 4.87. The Kier molecular flexibility index (Phi) is 4.55. The summed E-state index contributed by atoms with van der Waals surface area (Å²) in [4.78, 5) is 24.1. The zero-order valence-corrected chi connectivity index (χ0v) is 11.6. The summed E-state index contributed by atoms with van der Waals surface area (Å²) in [7, 11) is 0. The molecule has 1 amide bonds. The molecule has 0 spiro atoms. The predicted molar refractivity (Wildman–Crippen MR) is 73.0 cm³/mol. The molecular weight excluding hydrogens is 264 g/mol. The zero-order chi connectivity index (χ0) is 13.8. The topological polar surface area (TPSA) is 78.4 Å². The number of carbonyl (C=O) groups excluding carboxylic acids is 1. The summed E-state index contributed by atoms with van der Waals surface area (Å²) in [6, 6.07) is 2.89. The molecule has 1 aliphatic heterocycles. The number of amides is 1. The average molecular weight is 282 g/mol. The highest BCUT2D eigenvalue weighted by atomic mass is 32.1. The first-order valence-electron chi connectivity index (χ1n) is 6.38. The summed E-state index contributed by atoms with van der Waals surface area (Å²) in [6.45, 7) is 2.84. The fourth-order valence-corrected chi connectivity index (χ4v) is 3.11. The molecule has 0 radical (unpaired) electrons. The van der Waals surface area contributed by atoms with Crippen molar-refractivity contribution in [2.45, 2.75) is 31.8 Å². The number of carboxylic acids is 1. The molecule has 3 atom stereocenters. The van der Waals surface area contributed by atoms with Gasteiger partial charge in [0.1, 0.15) is 0 Å². The smallest absolute Gasteiger partial charge is 0.331 e. The third-order valence-corrected chi connectivity index (χ3v) is 4.29. The molecule has 1 fully saturated rings. The summed E-state index contributed by atoms with van der Waals surface area (Å²) in [5, 5.41) is 17.0. The Morgan fingerprint density at radius 2 is 2.37 bits per heavy atom. The van der Waals surface area contributed by atoms with Gasteiger partial charge in [-0.15, -0.1) is 11.3 Å². The standard InChI is InChI=1S/C13H18N2O3S/c1-8-7-9(4-5-14-8)12(16)15-11(13(17)18)10-3-2-6-19-10/h2-3,6,8-9,11,14H,4-5,7H2,1H3,(H,15,16)(H,17,18). The van der Waals surface area contributed by atoms with Crippen LogP contribution >= 0.6 is 11.3 Å². The molecule has 3 N–H and O–H groups in total. The van der Waals surface area contributed by atoms with Crippen molar-refractivity contribution >= 4 is 23.2 Å². The van der Waals surface area contributed by atoms with Gasteiger partial charge in [0, 0.05) is 16.8 Å². The van der Waals surface area contributed by atoms with Gasteiger partial charge in [-0.25, -0.2) is 4.79 Å². The van der Waals surface area contributed by atoms with Crippen molar-refractivity contribution in [2.75, 3.05) is 6.54 Å². The third kappa shape index (κ3) is 3.54. The quantitative estimate of drug-likeness (QED) is 0.779. The van der Waals surface area contributed by atoms with Crippen molar-refractivity contribution in [1.82, 2.24) is 10.6 Å². The Morgan fingerprint density at radius 1 is 1.58 bits per heavy atom. The number of aliphatic carboxylic acids is 1. The molecule has 2 heterocycles. The van der Waals surface area contributed by atoms with Gasteiger partial charge in [0.15, 0.2) is 6.04 Å². The lowest BCUT2D eigenvalue weighted by Gasteiger charge is -2.28. The number of carbonyl (C=O) groups is 2. The number of nitrogens with one attached hydrogen (secondary N) is 2. The summed E-state index contributed by atoms with van der Waals surface area (Å²) in [6.07, 6.45) is 1.51. The van der Waals surface area contributed by atoms with Crippen molar-refractivity contribution in [3.63, 3.8) is 0 Å². The molecule has 0 aromatic carbocycles. The minimum atomic E-state index is -1.02. The molecule has 1 aromatic heterocycles. The van der Waals surface area contributed by atoms with Crippen LogP contribution in [0.2, 0.25) is 0 Å². The van der Waals surface area contributed by atoms with Crippen LogP contribution in [0, 0.1) is 5.92 Å². The SMILES string of the molecule is CC1CC(C(=O)NC(C(=O)O)c2cccs2)CCN1. The molecule has 1 aromatic rings. The van der Waals surface area contributed by atoms with Gasteiger partial charge < -0.3 is 15.7 Å². The van der Waals surface area contributed by atoms with Crippen molar-refractivity contribution in [2.24, 2.45) is 5.92 Å². The van der Waals surface area contributed by atoms with Crippen molar-refractivity contribution in [3.05, 3.63) is 22.4 Å². The van der Waals surface area contributed by atoms with E-state index in [2.05, 4.69) is 10.6 Å². The van der Waals surface area contributed by atoms with Crippen molar-refractivity contribution < 1.29 is 14.7 Å². The number of piperidine rings is 1. The van der Waals surface area contributed by atoms with Crippen LogP contribution in [-0.4, -0.2) is 29.6 Å². The van der Waals surface area contributed by atoms with Crippen molar-refractivity contribution in [3.8, 4) is 0 Å². The lowest BCUT2D eigenvalue weighted by molar-refractivity contribution is -0.142. The monoisotopic (exact) mass is 282 g/mol. The van der Waals surface area contributed by atoms with E-state index in [0.717, 1.165) is 19.4 Å². The van der Waals surface area contributed by atoms with Gasteiger partial charge in [0.05, 0.1) is 0 Å². The van der Waals surface area contributed by atoms with Crippen LogP contribution in [-0.2, 0) is 9.59 Å². The zero-order valence-electron chi connectivity index (χ0n) is 10.8. The fourth-order valence-electron chi connectivity index (χ4n) is 2.34. The van der Waals surface area contributed by atoms with Crippen molar-refractivity contribution in [1.29, 1.82) is 0 Å². The number of hydrogen-bond acceptors (Lipinski definition) is 4. The average Bonchev–Trinajstić information content (AvgIpc) is 2.88. The molecule has 0 aliphatic carbocycles. The van der Waals surface area contributed by atoms with E-state index in [0.29, 0.717) is 10.9 Å². The summed E-state index contributed by atoms with van der Waals surface area (Å²) in [5.41, 5.74) is 0. The van der Waals surface area contributed by atoms with Crippen LogP contribution < -0.4 is 10.6 Å². The molecular formula is C13H18N2O3S. The van der Waals surface area contributed by atoms with Crippen LogP contribution in [0.25, 0.3) is 0 Å². The number of hydrogen-bond donors (Lipinski definition) is 3. The normalized spacial score (nSPS) is 24.7. The van der Waals surface area contributed by atoms with Gasteiger partial charge in [-0.3, -0.25) is 4.79 Å². The maximum absolute atomic E-state index is 12.2. The molecule has 3 unspecified atom stereocenters. The van der Waals surface area contributed by atoms with E-state index in [1.54, 1.807) is 12.1 Å². The van der Waals surface area contributed by atoms with E-state index in [1.807, 2.05) is 12.3 Å². The van der Waals surface area contributed by atoms with Gasteiger partial charge in [0.25, 0.3) is 0 Å². The van der Waals surface area contributed by atoms with E-state index < -0.39 is 12.0 Å². The maximum atomic E-state index is 12.2. The highest BCUT2D eigenvalue weighted by Crippen LogP contribution is 2.22. The van der Waals surface area contributed by atoms with E-state index >= 15 is 0 Å². The first-order valence-corrected chi connectivity index (χ1v) is 7.26. The van der Waals surface area contributed by atoms with Crippen LogP contribution in [0.4, 0.5) is 0 Å². The van der Waals surface area contributed by atoms with Gasteiger partial charge in [-0.05, 0) is 37.8 Å². The minimum Gasteiger partial charge on any atom is -0.479 e. The second kappa shape index (κ2) is 6.16. The summed E-state index contributed by atoms with van der Waals surface area (Å²) in [5.74, 6) is -1.27. The molecule has 1 aliphatic rings. The van der Waals surface area contributed by atoms with Gasteiger partial charge in [0.2, 0.25) is 5.91 Å². The first-order chi connectivity index (χ1) is 9.08.